The minimum Gasteiger partial charge on any atom is -0.469 e. The number of furan rings is 1. The summed E-state index contributed by atoms with van der Waals surface area (Å²) in [5.41, 5.74) is 5.85. The van der Waals surface area contributed by atoms with Crippen LogP contribution in [0.15, 0.2) is 28.9 Å². The van der Waals surface area contributed by atoms with Crippen molar-refractivity contribution in [1.82, 2.24) is 9.97 Å². The van der Waals surface area contributed by atoms with E-state index in [4.69, 9.17) is 10.2 Å². The molecule has 1 aliphatic carbocycles. The Kier molecular flexibility index (Phi) is 3.58. The standard InChI is InChI=1S/C15H20N4O/c1-10(4-7-12-3-2-8-20-12)17-14-9-13(16)18-15(19-14)11-5-6-11/h2-3,8-11H,4-7H2,1H3,(H3,16,17,18,19). The average Bonchev–Trinajstić information content (AvgIpc) is 3.13. The molecule has 3 rings (SSSR count). The van der Waals surface area contributed by atoms with Gasteiger partial charge in [0.1, 0.15) is 23.2 Å². The summed E-state index contributed by atoms with van der Waals surface area (Å²) in [4.78, 5) is 8.86. The van der Waals surface area contributed by atoms with E-state index < -0.39 is 0 Å². The number of hydrogen-bond acceptors (Lipinski definition) is 5. The lowest BCUT2D eigenvalue weighted by molar-refractivity contribution is 0.495. The van der Waals surface area contributed by atoms with E-state index in [2.05, 4.69) is 22.2 Å². The number of nitrogen functional groups attached to an aromatic ring is 1. The van der Waals surface area contributed by atoms with E-state index in [0.717, 1.165) is 30.2 Å². The summed E-state index contributed by atoms with van der Waals surface area (Å²) in [5, 5.41) is 3.40. The molecule has 0 saturated heterocycles. The number of rotatable bonds is 6. The Balaban J connectivity index is 1.58. The molecule has 2 heterocycles. The SMILES string of the molecule is CC(CCc1ccco1)Nc1cc(N)nc(C2CC2)n1. The fourth-order valence-electron chi connectivity index (χ4n) is 2.22. The predicted molar refractivity (Wildman–Crippen MR) is 78.5 cm³/mol. The van der Waals surface area contributed by atoms with Gasteiger partial charge in [-0.3, -0.25) is 0 Å². The molecular weight excluding hydrogens is 252 g/mol. The first-order valence-electron chi connectivity index (χ1n) is 7.14. The molecule has 2 aromatic rings. The van der Waals surface area contributed by atoms with E-state index in [9.17, 15) is 0 Å². The van der Waals surface area contributed by atoms with Gasteiger partial charge in [0.2, 0.25) is 0 Å². The van der Waals surface area contributed by atoms with Crippen LogP contribution in [0.3, 0.4) is 0 Å². The van der Waals surface area contributed by atoms with Crippen LogP contribution in [0.2, 0.25) is 0 Å². The van der Waals surface area contributed by atoms with Crippen LogP contribution in [-0.4, -0.2) is 16.0 Å². The Bertz CT molecular complexity index is 563. The zero-order chi connectivity index (χ0) is 13.9. The third kappa shape index (κ3) is 3.29. The van der Waals surface area contributed by atoms with Crippen molar-refractivity contribution in [2.45, 2.75) is 44.6 Å². The first-order chi connectivity index (χ1) is 9.70. The molecule has 5 heteroatoms. The Hall–Kier alpha value is -2.04. The van der Waals surface area contributed by atoms with E-state index in [1.165, 1.54) is 12.8 Å². The molecule has 2 aromatic heterocycles. The van der Waals surface area contributed by atoms with Gasteiger partial charge in [0.05, 0.1) is 6.26 Å². The van der Waals surface area contributed by atoms with Gasteiger partial charge in [-0.2, -0.15) is 0 Å². The van der Waals surface area contributed by atoms with Gasteiger partial charge in [-0.05, 0) is 38.3 Å². The molecule has 1 aliphatic rings. The lowest BCUT2D eigenvalue weighted by Gasteiger charge is -2.14. The molecule has 0 radical (unpaired) electrons. The molecule has 0 bridgehead atoms. The number of nitrogens with one attached hydrogen (secondary N) is 1. The van der Waals surface area contributed by atoms with Gasteiger partial charge in [-0.1, -0.05) is 0 Å². The van der Waals surface area contributed by atoms with Crippen LogP contribution < -0.4 is 11.1 Å². The van der Waals surface area contributed by atoms with E-state index in [-0.39, 0.29) is 0 Å². The van der Waals surface area contributed by atoms with Crippen LogP contribution in [0.25, 0.3) is 0 Å². The first-order valence-corrected chi connectivity index (χ1v) is 7.14. The summed E-state index contributed by atoms with van der Waals surface area (Å²) >= 11 is 0. The van der Waals surface area contributed by atoms with Crippen molar-refractivity contribution in [3.8, 4) is 0 Å². The zero-order valence-corrected chi connectivity index (χ0v) is 11.7. The van der Waals surface area contributed by atoms with Crippen LogP contribution in [0.4, 0.5) is 11.6 Å². The van der Waals surface area contributed by atoms with Gasteiger partial charge in [-0.15, -0.1) is 0 Å². The van der Waals surface area contributed by atoms with Crippen molar-refractivity contribution < 1.29 is 4.42 Å². The average molecular weight is 272 g/mol. The molecule has 0 aromatic carbocycles. The summed E-state index contributed by atoms with van der Waals surface area (Å²) in [6.45, 7) is 2.14. The van der Waals surface area contributed by atoms with Gasteiger partial charge in [0, 0.05) is 24.4 Å². The van der Waals surface area contributed by atoms with Gasteiger partial charge >= 0.3 is 0 Å². The van der Waals surface area contributed by atoms with Gasteiger partial charge in [-0.25, -0.2) is 9.97 Å². The van der Waals surface area contributed by atoms with E-state index in [1.807, 2.05) is 12.1 Å². The molecule has 0 spiro atoms. The van der Waals surface area contributed by atoms with E-state index >= 15 is 0 Å². The minimum absolute atomic E-state index is 0.307. The molecule has 106 valence electrons. The fourth-order valence-corrected chi connectivity index (χ4v) is 2.22. The van der Waals surface area contributed by atoms with Crippen LogP contribution in [-0.2, 0) is 6.42 Å². The third-order valence-electron chi connectivity index (χ3n) is 3.50. The Labute approximate surface area is 118 Å². The number of nitrogens with two attached hydrogens (primary N) is 1. The maximum atomic E-state index is 5.85. The Morgan fingerprint density at radius 3 is 3.00 bits per heavy atom. The van der Waals surface area contributed by atoms with Gasteiger partial charge in [0.15, 0.2) is 0 Å². The monoisotopic (exact) mass is 272 g/mol. The third-order valence-corrected chi connectivity index (χ3v) is 3.50. The highest BCUT2D eigenvalue weighted by molar-refractivity contribution is 5.45. The number of aryl methyl sites for hydroxylation is 1. The van der Waals surface area contributed by atoms with Crippen molar-refractivity contribution in [3.05, 3.63) is 36.0 Å². The summed E-state index contributed by atoms with van der Waals surface area (Å²) in [6.07, 6.45) is 5.96. The topological polar surface area (TPSA) is 77.0 Å². The molecule has 20 heavy (non-hydrogen) atoms. The van der Waals surface area contributed by atoms with Crippen LogP contribution in [0, 0.1) is 0 Å². The summed E-state index contributed by atoms with van der Waals surface area (Å²) in [5.74, 6) is 3.77. The molecule has 0 amide bonds. The highest BCUT2D eigenvalue weighted by atomic mass is 16.3. The molecule has 5 nitrogen and oxygen atoms in total. The Morgan fingerprint density at radius 1 is 1.45 bits per heavy atom. The molecule has 1 unspecified atom stereocenters. The molecular formula is C15H20N4O. The molecule has 3 N–H and O–H groups in total. The summed E-state index contributed by atoms with van der Waals surface area (Å²) < 4.78 is 5.34. The largest absolute Gasteiger partial charge is 0.469 e. The fraction of sp³-hybridized carbons (Fsp3) is 0.467. The van der Waals surface area contributed by atoms with Crippen LogP contribution >= 0.6 is 0 Å². The lowest BCUT2D eigenvalue weighted by atomic mass is 10.1. The van der Waals surface area contributed by atoms with Crippen molar-refractivity contribution in [2.75, 3.05) is 11.1 Å². The molecule has 0 aliphatic heterocycles. The van der Waals surface area contributed by atoms with E-state index in [0.29, 0.717) is 17.8 Å². The quantitative estimate of drug-likeness (QED) is 0.845. The number of aromatic nitrogens is 2. The van der Waals surface area contributed by atoms with Crippen molar-refractivity contribution in [2.24, 2.45) is 0 Å². The van der Waals surface area contributed by atoms with Crippen LogP contribution in [0.1, 0.15) is 43.7 Å². The van der Waals surface area contributed by atoms with Crippen molar-refractivity contribution >= 4 is 11.6 Å². The highest BCUT2D eigenvalue weighted by Crippen LogP contribution is 2.38. The zero-order valence-electron chi connectivity index (χ0n) is 11.7. The number of hydrogen-bond donors (Lipinski definition) is 2. The molecule has 1 atom stereocenters. The van der Waals surface area contributed by atoms with Crippen molar-refractivity contribution in [1.29, 1.82) is 0 Å². The maximum Gasteiger partial charge on any atom is 0.136 e. The highest BCUT2D eigenvalue weighted by Gasteiger charge is 2.27. The molecule has 1 saturated carbocycles. The smallest absolute Gasteiger partial charge is 0.136 e. The van der Waals surface area contributed by atoms with E-state index in [1.54, 1.807) is 12.3 Å². The number of nitrogens with zero attached hydrogens (tertiary/aromatic N) is 2. The predicted octanol–water partition coefficient (Wildman–Crippen LogP) is 2.96. The summed E-state index contributed by atoms with van der Waals surface area (Å²) in [6, 6.07) is 6.03. The number of anilines is 2. The second-order valence-corrected chi connectivity index (χ2v) is 5.47. The lowest BCUT2D eigenvalue weighted by Crippen LogP contribution is -2.17. The van der Waals surface area contributed by atoms with Crippen LogP contribution in [0.5, 0.6) is 0 Å². The minimum atomic E-state index is 0.307. The van der Waals surface area contributed by atoms with Gasteiger partial charge in [0.25, 0.3) is 0 Å². The second kappa shape index (κ2) is 5.53. The molecule has 1 fully saturated rings. The van der Waals surface area contributed by atoms with Crippen molar-refractivity contribution in [3.63, 3.8) is 0 Å². The maximum absolute atomic E-state index is 5.85. The summed E-state index contributed by atoms with van der Waals surface area (Å²) in [7, 11) is 0. The second-order valence-electron chi connectivity index (χ2n) is 5.47. The Morgan fingerprint density at radius 2 is 2.30 bits per heavy atom. The first kappa shape index (κ1) is 13.0. The normalized spacial score (nSPS) is 16.1. The van der Waals surface area contributed by atoms with Gasteiger partial charge < -0.3 is 15.5 Å².